The number of aromatic nitrogens is 1. The van der Waals surface area contributed by atoms with E-state index >= 15 is 0 Å². The molecule has 0 aliphatic carbocycles. The second kappa shape index (κ2) is 10.4. The summed E-state index contributed by atoms with van der Waals surface area (Å²) in [5, 5.41) is 5.60. The Hall–Kier alpha value is -3.24. The number of pyridine rings is 1. The zero-order valence-electron chi connectivity index (χ0n) is 20.8. The third-order valence-electron chi connectivity index (χ3n) is 6.79. The molecule has 192 valence electrons. The molecule has 0 spiro atoms. The Labute approximate surface area is 212 Å². The van der Waals surface area contributed by atoms with Gasteiger partial charge in [0.25, 0.3) is 10.0 Å². The number of nitrogens with zero attached hydrogens (tertiary/aromatic N) is 3. The summed E-state index contributed by atoms with van der Waals surface area (Å²) >= 11 is 0. The molecule has 2 amide bonds. The van der Waals surface area contributed by atoms with Crippen LogP contribution >= 0.6 is 0 Å². The first-order valence-corrected chi connectivity index (χ1v) is 13.5. The van der Waals surface area contributed by atoms with Crippen molar-refractivity contribution in [2.75, 3.05) is 13.1 Å². The van der Waals surface area contributed by atoms with E-state index in [9.17, 15) is 18.0 Å². The Kier molecular flexibility index (Phi) is 7.46. The smallest absolute Gasteiger partial charge is 0.264 e. The predicted octanol–water partition coefficient (Wildman–Crippen LogP) is 2.16. The first-order chi connectivity index (χ1) is 17.1. The number of amides is 2. The summed E-state index contributed by atoms with van der Waals surface area (Å²) < 4.78 is 27.5. The van der Waals surface area contributed by atoms with E-state index in [1.807, 2.05) is 25.1 Å². The first-order valence-electron chi connectivity index (χ1n) is 12.1. The predicted molar refractivity (Wildman–Crippen MR) is 136 cm³/mol. The molecule has 2 aliphatic rings. The number of likely N-dealkylation sites (tertiary alicyclic amines) is 1. The monoisotopic (exact) mass is 511 g/mol. The van der Waals surface area contributed by atoms with Crippen LogP contribution in [0.1, 0.15) is 37.9 Å². The van der Waals surface area contributed by atoms with E-state index in [4.69, 9.17) is 0 Å². The van der Waals surface area contributed by atoms with Gasteiger partial charge in [0.15, 0.2) is 0 Å². The van der Waals surface area contributed by atoms with E-state index < -0.39 is 22.0 Å². The number of benzene rings is 1. The number of hydrogen-bond acceptors (Lipinski definition) is 6. The summed E-state index contributed by atoms with van der Waals surface area (Å²) in [6.45, 7) is 8.38. The first kappa shape index (κ1) is 25.8. The number of carbonyl (C=O) groups excluding carboxylic acids is 2. The lowest BCUT2D eigenvalue weighted by Crippen LogP contribution is -2.57. The summed E-state index contributed by atoms with van der Waals surface area (Å²) in [4.78, 5) is 32.5. The molecular formula is C26H33N5O4S. The second-order valence-corrected chi connectivity index (χ2v) is 12.0. The molecule has 1 fully saturated rings. The van der Waals surface area contributed by atoms with Crippen LogP contribution in [0.15, 0.2) is 66.0 Å². The Morgan fingerprint density at radius 2 is 1.94 bits per heavy atom. The minimum Gasteiger partial charge on any atom is -0.353 e. The molecule has 0 bridgehead atoms. The van der Waals surface area contributed by atoms with Gasteiger partial charge in [0.05, 0.1) is 17.0 Å². The normalized spacial score (nSPS) is 22.2. The van der Waals surface area contributed by atoms with Crippen LogP contribution in [0, 0.1) is 12.3 Å². The van der Waals surface area contributed by atoms with Crippen LogP contribution in [0.5, 0.6) is 0 Å². The number of rotatable bonds is 7. The van der Waals surface area contributed by atoms with Gasteiger partial charge in [-0.3, -0.25) is 23.8 Å². The molecule has 3 heterocycles. The van der Waals surface area contributed by atoms with Gasteiger partial charge in [-0.15, -0.1) is 0 Å². The van der Waals surface area contributed by atoms with E-state index in [2.05, 4.69) is 34.4 Å². The van der Waals surface area contributed by atoms with E-state index in [0.717, 1.165) is 41.6 Å². The highest BCUT2D eigenvalue weighted by molar-refractivity contribution is 7.89. The minimum absolute atomic E-state index is 0.0688. The second-order valence-electron chi connectivity index (χ2n) is 10.1. The largest absolute Gasteiger partial charge is 0.353 e. The summed E-state index contributed by atoms with van der Waals surface area (Å²) in [5.74, 6) is -0.890. The van der Waals surface area contributed by atoms with E-state index in [-0.39, 0.29) is 28.7 Å². The maximum absolute atomic E-state index is 13.3. The Bertz CT molecular complexity index is 1230. The molecular weight excluding hydrogens is 478 g/mol. The SMILES string of the molecule is Cc1ccc(S(=O)(=O)N2C=CNC(=O)[C@H]2CC(=O)N[C@@H]2CCN(Cc3ccccn3)CC2(C)C)cc1. The van der Waals surface area contributed by atoms with Crippen LogP contribution in [0.25, 0.3) is 0 Å². The lowest BCUT2D eigenvalue weighted by atomic mass is 9.79. The van der Waals surface area contributed by atoms with E-state index in [1.54, 1.807) is 18.3 Å². The van der Waals surface area contributed by atoms with Crippen molar-refractivity contribution < 1.29 is 18.0 Å². The molecule has 10 heteroatoms. The molecule has 2 atom stereocenters. The summed E-state index contributed by atoms with van der Waals surface area (Å²) in [6.07, 6.45) is 4.84. The highest BCUT2D eigenvalue weighted by atomic mass is 32.2. The number of nitrogens with one attached hydrogen (secondary N) is 2. The quantitative estimate of drug-likeness (QED) is 0.589. The third kappa shape index (κ3) is 5.76. The van der Waals surface area contributed by atoms with E-state index in [1.165, 1.54) is 24.5 Å². The van der Waals surface area contributed by atoms with Crippen LogP contribution < -0.4 is 10.6 Å². The third-order valence-corrected chi connectivity index (χ3v) is 8.59. The summed E-state index contributed by atoms with van der Waals surface area (Å²) in [6, 6.07) is 11.0. The Balaban J connectivity index is 1.42. The van der Waals surface area contributed by atoms with Crippen LogP contribution in [0.3, 0.4) is 0 Å². The maximum atomic E-state index is 13.3. The van der Waals surface area contributed by atoms with Crippen molar-refractivity contribution in [3.8, 4) is 0 Å². The van der Waals surface area contributed by atoms with Crippen molar-refractivity contribution in [2.24, 2.45) is 5.41 Å². The molecule has 9 nitrogen and oxygen atoms in total. The van der Waals surface area contributed by atoms with Gasteiger partial charge in [-0.2, -0.15) is 0 Å². The summed E-state index contributed by atoms with van der Waals surface area (Å²) in [7, 11) is -4.01. The van der Waals surface area contributed by atoms with Gasteiger partial charge in [0.1, 0.15) is 6.04 Å². The van der Waals surface area contributed by atoms with Crippen molar-refractivity contribution in [1.29, 1.82) is 0 Å². The Morgan fingerprint density at radius 1 is 1.19 bits per heavy atom. The number of aryl methyl sites for hydroxylation is 1. The van der Waals surface area contributed by atoms with Crippen molar-refractivity contribution in [3.63, 3.8) is 0 Å². The molecule has 1 aromatic carbocycles. The fourth-order valence-corrected chi connectivity index (χ4v) is 6.24. The number of carbonyl (C=O) groups is 2. The van der Waals surface area contributed by atoms with Gasteiger partial charge in [0, 0.05) is 44.3 Å². The maximum Gasteiger partial charge on any atom is 0.264 e. The van der Waals surface area contributed by atoms with Crippen LogP contribution in [0.2, 0.25) is 0 Å². The van der Waals surface area contributed by atoms with Crippen LogP contribution in [-0.2, 0) is 26.2 Å². The molecule has 2 aromatic rings. The van der Waals surface area contributed by atoms with Gasteiger partial charge in [-0.05, 0) is 43.0 Å². The Morgan fingerprint density at radius 3 is 2.61 bits per heavy atom. The average molecular weight is 512 g/mol. The molecule has 1 aromatic heterocycles. The van der Waals surface area contributed by atoms with Gasteiger partial charge >= 0.3 is 0 Å². The molecule has 2 aliphatic heterocycles. The van der Waals surface area contributed by atoms with Crippen LogP contribution in [0.4, 0.5) is 0 Å². The van der Waals surface area contributed by atoms with Gasteiger partial charge in [-0.1, -0.05) is 37.6 Å². The highest BCUT2D eigenvalue weighted by Crippen LogP contribution is 2.30. The zero-order valence-corrected chi connectivity index (χ0v) is 21.7. The van der Waals surface area contributed by atoms with Gasteiger partial charge in [0.2, 0.25) is 11.8 Å². The van der Waals surface area contributed by atoms with Crippen molar-refractivity contribution in [1.82, 2.24) is 24.8 Å². The van der Waals surface area contributed by atoms with Crippen LogP contribution in [-0.4, -0.2) is 59.6 Å². The van der Waals surface area contributed by atoms with Crippen molar-refractivity contribution in [3.05, 3.63) is 72.3 Å². The standard InChI is InChI=1S/C26H33N5O4S/c1-19-7-9-21(10-8-19)36(34,35)31-15-13-28-25(33)22(31)16-24(32)29-23-11-14-30(18-26(23,2)3)17-20-6-4-5-12-27-20/h4-10,12-13,15,22-23H,11,14,16-18H2,1-3H3,(H,28,33)(H,29,32)/t22-,23-/m1/s1. The number of hydrogen-bond donors (Lipinski definition) is 2. The molecule has 0 unspecified atom stereocenters. The molecule has 0 saturated carbocycles. The molecule has 36 heavy (non-hydrogen) atoms. The highest BCUT2D eigenvalue weighted by Gasteiger charge is 2.40. The van der Waals surface area contributed by atoms with Gasteiger partial charge in [-0.25, -0.2) is 8.42 Å². The molecule has 2 N–H and O–H groups in total. The lowest BCUT2D eigenvalue weighted by molar-refractivity contribution is -0.130. The average Bonchev–Trinajstić information content (AvgIpc) is 2.83. The number of piperidine rings is 1. The van der Waals surface area contributed by atoms with Gasteiger partial charge < -0.3 is 10.6 Å². The molecule has 4 rings (SSSR count). The fraction of sp³-hybridized carbons (Fsp3) is 0.423. The molecule has 1 saturated heterocycles. The number of sulfonamides is 1. The minimum atomic E-state index is -4.01. The molecule has 0 radical (unpaired) electrons. The van der Waals surface area contributed by atoms with E-state index in [0.29, 0.717) is 0 Å². The van der Waals surface area contributed by atoms with Crippen molar-refractivity contribution >= 4 is 21.8 Å². The lowest BCUT2D eigenvalue weighted by Gasteiger charge is -2.44. The fourth-order valence-electron chi connectivity index (χ4n) is 4.79. The van der Waals surface area contributed by atoms with Crippen molar-refractivity contribution in [2.45, 2.75) is 57.1 Å². The topological polar surface area (TPSA) is 112 Å². The zero-order chi connectivity index (χ0) is 25.9. The summed E-state index contributed by atoms with van der Waals surface area (Å²) in [5.41, 5.74) is 1.71.